The fourth-order valence-corrected chi connectivity index (χ4v) is 1.30. The molecule has 0 aromatic carbocycles. The van der Waals surface area contributed by atoms with Gasteiger partial charge in [0.2, 0.25) is 0 Å². The minimum absolute atomic E-state index is 0.490. The fraction of sp³-hybridized carbons (Fsp3) is 1.00. The number of nitrogens with one attached hydrogen (secondary N) is 2. The van der Waals surface area contributed by atoms with Crippen LogP contribution in [0.25, 0.3) is 0 Å². The summed E-state index contributed by atoms with van der Waals surface area (Å²) >= 11 is 0. The van der Waals surface area contributed by atoms with Crippen LogP contribution in [0.1, 0.15) is 26.2 Å². The third-order valence-corrected chi connectivity index (χ3v) is 2.17. The van der Waals surface area contributed by atoms with Crippen molar-refractivity contribution in [2.24, 2.45) is 0 Å². The van der Waals surface area contributed by atoms with E-state index in [1.54, 1.807) is 6.92 Å². The van der Waals surface area contributed by atoms with Gasteiger partial charge >= 0.3 is 6.18 Å². The van der Waals surface area contributed by atoms with Crippen molar-refractivity contribution in [1.82, 2.24) is 10.6 Å². The molecule has 0 aromatic heterocycles. The highest BCUT2D eigenvalue weighted by Crippen LogP contribution is 2.21. The van der Waals surface area contributed by atoms with E-state index in [9.17, 15) is 13.2 Å². The summed E-state index contributed by atoms with van der Waals surface area (Å²) < 4.78 is 35.7. The van der Waals surface area contributed by atoms with E-state index in [-0.39, 0.29) is 0 Å². The van der Waals surface area contributed by atoms with E-state index >= 15 is 0 Å². The van der Waals surface area contributed by atoms with Gasteiger partial charge in [-0.3, -0.25) is 0 Å². The molecule has 1 atom stereocenters. The maximum Gasteiger partial charge on any atom is 0.390 e. The minimum Gasteiger partial charge on any atom is -0.313 e. The van der Waals surface area contributed by atoms with Gasteiger partial charge in [0.1, 0.15) is 0 Å². The molecule has 0 aromatic rings. The second-order valence-corrected chi connectivity index (χ2v) is 3.90. The molecule has 0 aliphatic heterocycles. The number of rotatable bonds is 6. The van der Waals surface area contributed by atoms with Crippen LogP contribution in [-0.4, -0.2) is 31.3 Å². The normalized spacial score (nSPS) is 19.7. The van der Waals surface area contributed by atoms with Gasteiger partial charge in [0, 0.05) is 25.2 Å². The standard InChI is InChI=1S/C9H17F3N2/c1-7(6-9(10,11)12)13-4-5-14-8-2-3-8/h7-8,13-14H,2-6H2,1H3. The Labute approximate surface area is 82.2 Å². The first-order valence-electron chi connectivity index (χ1n) is 5.01. The monoisotopic (exact) mass is 210 g/mol. The van der Waals surface area contributed by atoms with E-state index in [4.69, 9.17) is 0 Å². The zero-order valence-electron chi connectivity index (χ0n) is 8.32. The third-order valence-electron chi connectivity index (χ3n) is 2.17. The lowest BCUT2D eigenvalue weighted by Crippen LogP contribution is -2.36. The van der Waals surface area contributed by atoms with Crippen molar-refractivity contribution >= 4 is 0 Å². The first-order chi connectivity index (χ1) is 6.47. The smallest absolute Gasteiger partial charge is 0.313 e. The van der Waals surface area contributed by atoms with E-state index in [0.717, 1.165) is 6.54 Å². The summed E-state index contributed by atoms with van der Waals surface area (Å²) in [6.07, 6.45) is -2.40. The summed E-state index contributed by atoms with van der Waals surface area (Å²) in [5.41, 5.74) is 0. The number of alkyl halides is 3. The second-order valence-electron chi connectivity index (χ2n) is 3.90. The molecule has 0 radical (unpaired) electrons. The molecule has 0 heterocycles. The van der Waals surface area contributed by atoms with Crippen LogP contribution in [0.3, 0.4) is 0 Å². The van der Waals surface area contributed by atoms with Gasteiger partial charge in [0.15, 0.2) is 0 Å². The molecule has 0 spiro atoms. The Bertz CT molecular complexity index is 166. The second kappa shape index (κ2) is 4.98. The van der Waals surface area contributed by atoms with Crippen molar-refractivity contribution < 1.29 is 13.2 Å². The van der Waals surface area contributed by atoms with Crippen LogP contribution >= 0.6 is 0 Å². The van der Waals surface area contributed by atoms with E-state index in [0.29, 0.717) is 12.6 Å². The van der Waals surface area contributed by atoms with Crippen molar-refractivity contribution in [1.29, 1.82) is 0 Å². The van der Waals surface area contributed by atoms with E-state index in [2.05, 4.69) is 10.6 Å². The van der Waals surface area contributed by atoms with Crippen molar-refractivity contribution in [3.8, 4) is 0 Å². The molecule has 0 amide bonds. The Kier molecular flexibility index (Phi) is 4.19. The van der Waals surface area contributed by atoms with Gasteiger partial charge in [-0.2, -0.15) is 13.2 Å². The summed E-state index contributed by atoms with van der Waals surface area (Å²) in [6.45, 7) is 2.92. The molecule has 0 bridgehead atoms. The highest BCUT2D eigenvalue weighted by molar-refractivity contribution is 4.81. The summed E-state index contributed by atoms with van der Waals surface area (Å²) in [5.74, 6) is 0. The number of hydrogen-bond donors (Lipinski definition) is 2. The van der Waals surface area contributed by atoms with Crippen molar-refractivity contribution in [3.05, 3.63) is 0 Å². The molecular weight excluding hydrogens is 193 g/mol. The van der Waals surface area contributed by atoms with Gasteiger partial charge < -0.3 is 10.6 Å². The summed E-state index contributed by atoms with van der Waals surface area (Å²) in [6, 6.07) is 0.130. The topological polar surface area (TPSA) is 24.1 Å². The summed E-state index contributed by atoms with van der Waals surface area (Å²) in [7, 11) is 0. The maximum absolute atomic E-state index is 11.9. The van der Waals surface area contributed by atoms with Crippen LogP contribution in [-0.2, 0) is 0 Å². The Morgan fingerprint density at radius 3 is 2.43 bits per heavy atom. The molecule has 1 aliphatic carbocycles. The Balaban J connectivity index is 1.93. The van der Waals surface area contributed by atoms with Crippen LogP contribution in [0.15, 0.2) is 0 Å². The van der Waals surface area contributed by atoms with Gasteiger partial charge in [-0.05, 0) is 19.8 Å². The predicted octanol–water partition coefficient (Wildman–Crippen LogP) is 1.67. The largest absolute Gasteiger partial charge is 0.390 e. The summed E-state index contributed by atoms with van der Waals surface area (Å²) in [5, 5.41) is 6.07. The first kappa shape index (κ1) is 11.8. The fourth-order valence-electron chi connectivity index (χ4n) is 1.30. The lowest BCUT2D eigenvalue weighted by atomic mass is 10.2. The number of halogens is 3. The van der Waals surface area contributed by atoms with Gasteiger partial charge in [-0.15, -0.1) is 0 Å². The molecule has 0 saturated heterocycles. The average molecular weight is 210 g/mol. The average Bonchev–Trinajstić information content (AvgIpc) is 2.77. The molecule has 1 rings (SSSR count). The first-order valence-corrected chi connectivity index (χ1v) is 5.01. The van der Waals surface area contributed by atoms with Crippen LogP contribution in [0.2, 0.25) is 0 Å². The van der Waals surface area contributed by atoms with Crippen molar-refractivity contribution in [2.45, 2.75) is 44.4 Å². The van der Waals surface area contributed by atoms with Crippen LogP contribution in [0, 0.1) is 0 Å². The molecule has 84 valence electrons. The highest BCUT2D eigenvalue weighted by Gasteiger charge is 2.29. The molecule has 2 N–H and O–H groups in total. The molecule has 1 saturated carbocycles. The molecule has 1 aliphatic rings. The van der Waals surface area contributed by atoms with Crippen LogP contribution in [0.4, 0.5) is 13.2 Å². The van der Waals surface area contributed by atoms with E-state index in [1.807, 2.05) is 0 Å². The van der Waals surface area contributed by atoms with Gasteiger partial charge in [0.25, 0.3) is 0 Å². The van der Waals surface area contributed by atoms with Crippen molar-refractivity contribution in [2.75, 3.05) is 13.1 Å². The van der Waals surface area contributed by atoms with Gasteiger partial charge in [-0.1, -0.05) is 0 Å². The maximum atomic E-state index is 11.9. The third kappa shape index (κ3) is 6.21. The van der Waals surface area contributed by atoms with Gasteiger partial charge in [0.05, 0.1) is 6.42 Å². The minimum atomic E-state index is -4.06. The zero-order chi connectivity index (χ0) is 10.6. The number of hydrogen-bond acceptors (Lipinski definition) is 2. The SMILES string of the molecule is CC(CC(F)(F)F)NCCNC1CC1. The van der Waals surface area contributed by atoms with E-state index < -0.39 is 18.6 Å². The van der Waals surface area contributed by atoms with Crippen LogP contribution < -0.4 is 10.6 Å². The van der Waals surface area contributed by atoms with Crippen molar-refractivity contribution in [3.63, 3.8) is 0 Å². The lowest BCUT2D eigenvalue weighted by Gasteiger charge is -2.15. The molecule has 1 fully saturated rings. The predicted molar refractivity (Wildman–Crippen MR) is 49.2 cm³/mol. The Hall–Kier alpha value is -0.290. The summed E-state index contributed by atoms with van der Waals surface area (Å²) in [4.78, 5) is 0. The molecule has 1 unspecified atom stereocenters. The molecule has 14 heavy (non-hydrogen) atoms. The quantitative estimate of drug-likeness (QED) is 0.652. The molecular formula is C9H17F3N2. The molecule has 2 nitrogen and oxygen atoms in total. The zero-order valence-corrected chi connectivity index (χ0v) is 8.32. The Morgan fingerprint density at radius 2 is 1.93 bits per heavy atom. The Morgan fingerprint density at radius 1 is 1.29 bits per heavy atom. The van der Waals surface area contributed by atoms with Crippen LogP contribution in [0.5, 0.6) is 0 Å². The highest BCUT2D eigenvalue weighted by atomic mass is 19.4. The van der Waals surface area contributed by atoms with Gasteiger partial charge in [-0.25, -0.2) is 0 Å². The lowest BCUT2D eigenvalue weighted by molar-refractivity contribution is -0.138. The van der Waals surface area contributed by atoms with E-state index in [1.165, 1.54) is 12.8 Å². The molecule has 5 heteroatoms.